The van der Waals surface area contributed by atoms with Crippen LogP contribution in [0.25, 0.3) is 0 Å². The summed E-state index contributed by atoms with van der Waals surface area (Å²) in [5, 5.41) is 0. The molecule has 0 aliphatic heterocycles. The van der Waals surface area contributed by atoms with Crippen LogP contribution in [0.15, 0.2) is 0 Å². The maximum atomic E-state index is 4.15. The van der Waals surface area contributed by atoms with Gasteiger partial charge >= 0.3 is 0 Å². The summed E-state index contributed by atoms with van der Waals surface area (Å²) in [7, 11) is 0. The number of hydrogen-bond acceptors (Lipinski definition) is 1. The summed E-state index contributed by atoms with van der Waals surface area (Å²) in [5.74, 6) is 1.76. The highest BCUT2D eigenvalue weighted by atomic mass is 15.1. The molecule has 0 spiro atoms. The Kier molecular flexibility index (Phi) is 12.9. The lowest BCUT2D eigenvalue weighted by atomic mass is 9.96. The van der Waals surface area contributed by atoms with Crippen LogP contribution in [-0.4, -0.2) is 24.5 Å². The van der Waals surface area contributed by atoms with E-state index in [9.17, 15) is 0 Å². The zero-order chi connectivity index (χ0) is 14.5. The van der Waals surface area contributed by atoms with E-state index >= 15 is 0 Å². The molecule has 0 saturated heterocycles. The molecule has 0 amide bonds. The van der Waals surface area contributed by atoms with Crippen molar-refractivity contribution in [1.29, 1.82) is 0 Å². The van der Waals surface area contributed by atoms with Crippen molar-refractivity contribution in [3.8, 4) is 0 Å². The van der Waals surface area contributed by atoms with Gasteiger partial charge in [0.15, 0.2) is 0 Å². The van der Waals surface area contributed by atoms with Gasteiger partial charge in [0.2, 0.25) is 0 Å². The van der Waals surface area contributed by atoms with E-state index < -0.39 is 0 Å². The fraction of sp³-hybridized carbons (Fsp3) is 0.944. The lowest BCUT2D eigenvalue weighted by molar-refractivity contribution is 0.196. The number of rotatable bonds is 13. The molecule has 0 N–H and O–H groups in total. The van der Waals surface area contributed by atoms with Gasteiger partial charge < -0.3 is 4.90 Å². The normalized spacial score (nSPS) is 14.8. The van der Waals surface area contributed by atoms with Crippen molar-refractivity contribution < 1.29 is 0 Å². The predicted molar refractivity (Wildman–Crippen MR) is 88.4 cm³/mol. The maximum Gasteiger partial charge on any atom is 0.000967 e. The summed E-state index contributed by atoms with van der Waals surface area (Å²) in [4.78, 5) is 2.60. The second-order valence-electron chi connectivity index (χ2n) is 6.09. The molecule has 0 bridgehead atoms. The first kappa shape index (κ1) is 19.0. The highest BCUT2D eigenvalue weighted by Gasteiger charge is 2.15. The van der Waals surface area contributed by atoms with E-state index in [0.717, 1.165) is 18.4 Å². The van der Waals surface area contributed by atoms with Crippen molar-refractivity contribution in [2.24, 2.45) is 11.8 Å². The number of hydrogen-bond donors (Lipinski definition) is 0. The molecule has 0 aromatic heterocycles. The van der Waals surface area contributed by atoms with Crippen molar-refractivity contribution in [2.45, 2.75) is 79.1 Å². The summed E-state index contributed by atoms with van der Waals surface area (Å²) < 4.78 is 0. The lowest BCUT2D eigenvalue weighted by Crippen LogP contribution is -2.34. The topological polar surface area (TPSA) is 3.24 Å². The van der Waals surface area contributed by atoms with Crippen molar-refractivity contribution >= 4 is 0 Å². The minimum Gasteiger partial charge on any atom is -0.303 e. The fourth-order valence-corrected chi connectivity index (χ4v) is 2.82. The van der Waals surface area contributed by atoms with Gasteiger partial charge in [0.1, 0.15) is 0 Å². The van der Waals surface area contributed by atoms with E-state index in [0.29, 0.717) is 0 Å². The highest BCUT2D eigenvalue weighted by Crippen LogP contribution is 2.18. The molecule has 2 unspecified atom stereocenters. The molecule has 0 aromatic carbocycles. The van der Waals surface area contributed by atoms with Crippen LogP contribution in [0.1, 0.15) is 79.1 Å². The Labute approximate surface area is 123 Å². The molecule has 0 fully saturated rings. The molecule has 2 atom stereocenters. The third kappa shape index (κ3) is 9.49. The van der Waals surface area contributed by atoms with Gasteiger partial charge in [-0.05, 0) is 38.1 Å². The number of nitrogens with zero attached hydrogens (tertiary/aromatic N) is 1. The molecule has 19 heavy (non-hydrogen) atoms. The molecular formula is C18H38N. The van der Waals surface area contributed by atoms with Gasteiger partial charge in [-0.25, -0.2) is 0 Å². The maximum absolute atomic E-state index is 4.15. The van der Waals surface area contributed by atoms with E-state index in [2.05, 4.69) is 39.5 Å². The first-order valence-corrected chi connectivity index (χ1v) is 8.73. The monoisotopic (exact) mass is 268 g/mol. The van der Waals surface area contributed by atoms with Crippen LogP contribution in [0.5, 0.6) is 0 Å². The quantitative estimate of drug-likeness (QED) is 0.423. The second-order valence-corrected chi connectivity index (χ2v) is 6.09. The summed E-state index contributed by atoms with van der Waals surface area (Å²) in [5.41, 5.74) is 0. The Morgan fingerprint density at radius 1 is 0.789 bits per heavy atom. The SMILES string of the molecule is [CH2]CN(CC(CC)CCCC)CC(CC)CCCC. The summed E-state index contributed by atoms with van der Waals surface area (Å²) in [6.45, 7) is 16.9. The van der Waals surface area contributed by atoms with Crippen molar-refractivity contribution in [3.05, 3.63) is 6.92 Å². The number of unbranched alkanes of at least 4 members (excludes halogenated alkanes) is 2. The van der Waals surface area contributed by atoms with Crippen LogP contribution < -0.4 is 0 Å². The Balaban J connectivity index is 4.14. The van der Waals surface area contributed by atoms with E-state index in [1.165, 1.54) is 64.5 Å². The first-order chi connectivity index (χ1) is 9.21. The van der Waals surface area contributed by atoms with Gasteiger partial charge in [-0.15, -0.1) is 0 Å². The molecule has 0 aliphatic carbocycles. The van der Waals surface area contributed by atoms with Crippen LogP contribution in [0.4, 0.5) is 0 Å². The molecule has 1 heteroatoms. The largest absolute Gasteiger partial charge is 0.303 e. The molecule has 1 radical (unpaired) electrons. The van der Waals surface area contributed by atoms with Crippen LogP contribution in [0.3, 0.4) is 0 Å². The third-order valence-corrected chi connectivity index (χ3v) is 4.44. The zero-order valence-electron chi connectivity index (χ0n) is 14.1. The first-order valence-electron chi connectivity index (χ1n) is 8.73. The van der Waals surface area contributed by atoms with Crippen molar-refractivity contribution in [1.82, 2.24) is 4.90 Å². The molecule has 1 nitrogen and oxygen atoms in total. The van der Waals surface area contributed by atoms with Crippen molar-refractivity contribution in [2.75, 3.05) is 19.6 Å². The molecule has 0 rings (SSSR count). The predicted octanol–water partition coefficient (Wildman–Crippen LogP) is 5.56. The Morgan fingerprint density at radius 3 is 1.47 bits per heavy atom. The molecule has 0 heterocycles. The van der Waals surface area contributed by atoms with Gasteiger partial charge in [0.25, 0.3) is 0 Å². The molecule has 0 saturated carbocycles. The standard InChI is InChI=1S/C18H38N/c1-6-11-13-17(8-3)15-19(10-5)16-18(9-4)14-12-7-2/h17-18H,5-16H2,1-4H3. The van der Waals surface area contributed by atoms with E-state index in [1.54, 1.807) is 0 Å². The van der Waals surface area contributed by atoms with E-state index in [-0.39, 0.29) is 0 Å². The summed E-state index contributed by atoms with van der Waals surface area (Å²) in [6, 6.07) is 0. The van der Waals surface area contributed by atoms with Crippen molar-refractivity contribution in [3.63, 3.8) is 0 Å². The molecular weight excluding hydrogens is 230 g/mol. The molecule has 0 aliphatic rings. The van der Waals surface area contributed by atoms with Crippen LogP contribution in [0.2, 0.25) is 0 Å². The zero-order valence-corrected chi connectivity index (χ0v) is 14.1. The smallest absolute Gasteiger partial charge is 0.000967 e. The molecule has 115 valence electrons. The fourth-order valence-electron chi connectivity index (χ4n) is 2.82. The summed E-state index contributed by atoms with van der Waals surface area (Å²) >= 11 is 0. The Hall–Kier alpha value is -0.0400. The summed E-state index contributed by atoms with van der Waals surface area (Å²) in [6.07, 6.45) is 10.9. The van der Waals surface area contributed by atoms with E-state index in [1.807, 2.05) is 0 Å². The average Bonchev–Trinajstić information content (AvgIpc) is 2.45. The Morgan fingerprint density at radius 2 is 1.21 bits per heavy atom. The van der Waals surface area contributed by atoms with Gasteiger partial charge in [-0.1, -0.05) is 66.2 Å². The Bertz CT molecular complexity index is 161. The van der Waals surface area contributed by atoms with Gasteiger partial charge in [-0.2, -0.15) is 0 Å². The van der Waals surface area contributed by atoms with E-state index in [4.69, 9.17) is 0 Å². The average molecular weight is 269 g/mol. The second kappa shape index (κ2) is 13.0. The molecule has 0 aromatic rings. The van der Waals surface area contributed by atoms with Gasteiger partial charge in [-0.3, -0.25) is 0 Å². The van der Waals surface area contributed by atoms with Crippen LogP contribution in [-0.2, 0) is 0 Å². The van der Waals surface area contributed by atoms with Crippen LogP contribution in [0, 0.1) is 18.8 Å². The van der Waals surface area contributed by atoms with Gasteiger partial charge in [0, 0.05) is 13.1 Å². The third-order valence-electron chi connectivity index (χ3n) is 4.44. The highest BCUT2D eigenvalue weighted by molar-refractivity contribution is 4.70. The van der Waals surface area contributed by atoms with Gasteiger partial charge in [0.05, 0.1) is 0 Å². The lowest BCUT2D eigenvalue weighted by Gasteiger charge is -2.29. The minimum absolute atomic E-state index is 0.880. The van der Waals surface area contributed by atoms with Crippen LogP contribution >= 0.6 is 0 Å². The minimum atomic E-state index is 0.880.